The van der Waals surface area contributed by atoms with Gasteiger partial charge in [-0.15, -0.1) is 0 Å². The maximum Gasteiger partial charge on any atom is 0.160 e. The number of hydrogen-bond donors (Lipinski definition) is 1. The maximum absolute atomic E-state index is 5.35. The van der Waals surface area contributed by atoms with Crippen LogP contribution >= 0.6 is 0 Å². The van der Waals surface area contributed by atoms with Crippen molar-refractivity contribution in [2.24, 2.45) is 0 Å². The SMILES string of the molecule is COc1ccc(CC(C)NC(C)Cn2cccn2)cc1OC. The fraction of sp³-hybridized carbons (Fsp3) is 0.471. The van der Waals surface area contributed by atoms with Gasteiger partial charge in [-0.25, -0.2) is 0 Å². The van der Waals surface area contributed by atoms with E-state index in [0.717, 1.165) is 24.5 Å². The predicted octanol–water partition coefficient (Wildman–Crippen LogP) is 2.51. The third kappa shape index (κ3) is 4.49. The molecule has 1 N–H and O–H groups in total. The first-order valence-electron chi connectivity index (χ1n) is 7.56. The molecule has 1 heterocycles. The molecule has 1 aromatic heterocycles. The van der Waals surface area contributed by atoms with Crippen molar-refractivity contribution >= 4 is 0 Å². The van der Waals surface area contributed by atoms with Gasteiger partial charge >= 0.3 is 0 Å². The lowest BCUT2D eigenvalue weighted by atomic mass is 10.1. The van der Waals surface area contributed by atoms with Gasteiger partial charge in [-0.05, 0) is 44.0 Å². The Bertz CT molecular complexity index is 569. The summed E-state index contributed by atoms with van der Waals surface area (Å²) in [7, 11) is 3.31. The molecule has 0 radical (unpaired) electrons. The molecule has 0 aliphatic carbocycles. The van der Waals surface area contributed by atoms with Crippen LogP contribution in [0, 0.1) is 0 Å². The van der Waals surface area contributed by atoms with Crippen molar-refractivity contribution in [1.82, 2.24) is 15.1 Å². The molecule has 5 nitrogen and oxygen atoms in total. The normalized spacial score (nSPS) is 13.6. The van der Waals surface area contributed by atoms with Crippen LogP contribution in [0.4, 0.5) is 0 Å². The van der Waals surface area contributed by atoms with Gasteiger partial charge in [0.25, 0.3) is 0 Å². The molecule has 2 atom stereocenters. The molecule has 0 amide bonds. The standard InChI is InChI=1S/C17H25N3O2/c1-13(19-14(2)12-20-9-5-8-18-20)10-15-6-7-16(21-3)17(11-15)22-4/h5-9,11,13-14,19H,10,12H2,1-4H3. The largest absolute Gasteiger partial charge is 0.493 e. The number of benzene rings is 1. The van der Waals surface area contributed by atoms with E-state index in [4.69, 9.17) is 9.47 Å². The van der Waals surface area contributed by atoms with E-state index in [1.807, 2.05) is 29.1 Å². The van der Waals surface area contributed by atoms with Gasteiger partial charge in [0, 0.05) is 24.5 Å². The maximum atomic E-state index is 5.35. The summed E-state index contributed by atoms with van der Waals surface area (Å²) in [5.41, 5.74) is 1.23. The zero-order valence-electron chi connectivity index (χ0n) is 13.7. The van der Waals surface area contributed by atoms with Crippen molar-refractivity contribution in [3.05, 3.63) is 42.2 Å². The molecule has 120 valence electrons. The fourth-order valence-corrected chi connectivity index (χ4v) is 2.65. The van der Waals surface area contributed by atoms with Crippen LogP contribution in [-0.2, 0) is 13.0 Å². The lowest BCUT2D eigenvalue weighted by Crippen LogP contribution is -2.38. The predicted molar refractivity (Wildman–Crippen MR) is 87.5 cm³/mol. The molecule has 22 heavy (non-hydrogen) atoms. The summed E-state index contributed by atoms with van der Waals surface area (Å²) in [6, 6.07) is 8.74. The Hall–Kier alpha value is -2.01. The zero-order chi connectivity index (χ0) is 15.9. The second-order valence-electron chi connectivity index (χ2n) is 5.59. The van der Waals surface area contributed by atoms with Crippen molar-refractivity contribution in [3.8, 4) is 11.5 Å². The van der Waals surface area contributed by atoms with Crippen LogP contribution in [-0.4, -0.2) is 36.1 Å². The summed E-state index contributed by atoms with van der Waals surface area (Å²) >= 11 is 0. The smallest absolute Gasteiger partial charge is 0.160 e. The van der Waals surface area contributed by atoms with E-state index in [-0.39, 0.29) is 0 Å². The third-order valence-electron chi connectivity index (χ3n) is 3.58. The average molecular weight is 303 g/mol. The quantitative estimate of drug-likeness (QED) is 0.814. The molecule has 0 bridgehead atoms. The first-order valence-corrected chi connectivity index (χ1v) is 7.56. The lowest BCUT2D eigenvalue weighted by molar-refractivity contribution is 0.354. The summed E-state index contributed by atoms with van der Waals surface area (Å²) in [4.78, 5) is 0. The number of hydrogen-bond acceptors (Lipinski definition) is 4. The molecule has 1 aromatic carbocycles. The van der Waals surface area contributed by atoms with Crippen molar-refractivity contribution < 1.29 is 9.47 Å². The molecular formula is C17H25N3O2. The van der Waals surface area contributed by atoms with Crippen molar-refractivity contribution in [3.63, 3.8) is 0 Å². The van der Waals surface area contributed by atoms with Gasteiger partial charge in [-0.1, -0.05) is 6.07 Å². The molecule has 0 saturated carbocycles. The van der Waals surface area contributed by atoms with Crippen LogP contribution in [0.1, 0.15) is 19.4 Å². The van der Waals surface area contributed by atoms with E-state index < -0.39 is 0 Å². The first-order chi connectivity index (χ1) is 10.6. The molecule has 0 aliphatic heterocycles. The monoisotopic (exact) mass is 303 g/mol. The van der Waals surface area contributed by atoms with Gasteiger partial charge in [0.1, 0.15) is 0 Å². The highest BCUT2D eigenvalue weighted by Crippen LogP contribution is 2.27. The van der Waals surface area contributed by atoms with Gasteiger partial charge < -0.3 is 14.8 Å². The Labute approximate surface area is 132 Å². The average Bonchev–Trinajstić information content (AvgIpc) is 2.99. The van der Waals surface area contributed by atoms with E-state index in [1.54, 1.807) is 20.4 Å². The Morgan fingerprint density at radius 3 is 2.55 bits per heavy atom. The van der Waals surface area contributed by atoms with Crippen LogP contribution in [0.15, 0.2) is 36.7 Å². The Morgan fingerprint density at radius 1 is 1.14 bits per heavy atom. The molecule has 0 fully saturated rings. The number of rotatable bonds is 8. The highest BCUT2D eigenvalue weighted by molar-refractivity contribution is 5.43. The number of aromatic nitrogens is 2. The third-order valence-corrected chi connectivity index (χ3v) is 3.58. The van der Waals surface area contributed by atoms with Crippen molar-refractivity contribution in [2.75, 3.05) is 14.2 Å². The van der Waals surface area contributed by atoms with E-state index in [2.05, 4.69) is 30.3 Å². The molecule has 2 aromatic rings. The van der Waals surface area contributed by atoms with Crippen LogP contribution in [0.25, 0.3) is 0 Å². The molecule has 2 rings (SSSR count). The van der Waals surface area contributed by atoms with Crippen LogP contribution < -0.4 is 14.8 Å². The molecule has 0 aliphatic rings. The molecule has 2 unspecified atom stereocenters. The Morgan fingerprint density at radius 2 is 1.91 bits per heavy atom. The second kappa shape index (κ2) is 7.84. The number of nitrogens with zero attached hydrogens (tertiary/aromatic N) is 2. The first kappa shape index (κ1) is 16.4. The van der Waals surface area contributed by atoms with Gasteiger partial charge in [0.05, 0.1) is 20.8 Å². The summed E-state index contributed by atoms with van der Waals surface area (Å²) in [6.45, 7) is 5.23. The number of nitrogens with one attached hydrogen (secondary N) is 1. The Kier molecular flexibility index (Phi) is 5.83. The minimum Gasteiger partial charge on any atom is -0.493 e. The van der Waals surface area contributed by atoms with Gasteiger partial charge in [-0.3, -0.25) is 4.68 Å². The minimum atomic E-state index is 0.357. The highest BCUT2D eigenvalue weighted by atomic mass is 16.5. The summed E-state index contributed by atoms with van der Waals surface area (Å²) in [5, 5.41) is 7.84. The summed E-state index contributed by atoms with van der Waals surface area (Å²) < 4.78 is 12.6. The fourth-order valence-electron chi connectivity index (χ4n) is 2.65. The van der Waals surface area contributed by atoms with Crippen LogP contribution in [0.5, 0.6) is 11.5 Å². The van der Waals surface area contributed by atoms with Gasteiger partial charge in [0.2, 0.25) is 0 Å². The van der Waals surface area contributed by atoms with Crippen LogP contribution in [0.2, 0.25) is 0 Å². The van der Waals surface area contributed by atoms with Crippen molar-refractivity contribution in [1.29, 1.82) is 0 Å². The Balaban J connectivity index is 1.89. The van der Waals surface area contributed by atoms with E-state index in [1.165, 1.54) is 5.56 Å². The topological polar surface area (TPSA) is 48.3 Å². The van der Waals surface area contributed by atoms with Crippen molar-refractivity contribution in [2.45, 2.75) is 38.9 Å². The highest BCUT2D eigenvalue weighted by Gasteiger charge is 2.11. The second-order valence-corrected chi connectivity index (χ2v) is 5.59. The van der Waals surface area contributed by atoms with E-state index in [9.17, 15) is 0 Å². The minimum absolute atomic E-state index is 0.357. The summed E-state index contributed by atoms with van der Waals surface area (Å²) in [5.74, 6) is 1.54. The number of methoxy groups -OCH3 is 2. The van der Waals surface area contributed by atoms with Crippen LogP contribution in [0.3, 0.4) is 0 Å². The lowest BCUT2D eigenvalue weighted by Gasteiger charge is -2.20. The van der Waals surface area contributed by atoms with E-state index >= 15 is 0 Å². The molecule has 0 saturated heterocycles. The molecule has 5 heteroatoms. The molecule has 0 spiro atoms. The van der Waals surface area contributed by atoms with Gasteiger partial charge in [0.15, 0.2) is 11.5 Å². The molecular weight excluding hydrogens is 278 g/mol. The zero-order valence-corrected chi connectivity index (χ0v) is 13.7. The van der Waals surface area contributed by atoms with Gasteiger partial charge in [-0.2, -0.15) is 5.10 Å². The van der Waals surface area contributed by atoms with E-state index in [0.29, 0.717) is 12.1 Å². The number of ether oxygens (including phenoxy) is 2. The summed E-state index contributed by atoms with van der Waals surface area (Å²) in [6.07, 6.45) is 4.72.